The zero-order valence-corrected chi connectivity index (χ0v) is 19.8. The van der Waals surface area contributed by atoms with Gasteiger partial charge >= 0.3 is 6.61 Å². The second-order valence-corrected chi connectivity index (χ2v) is 8.41. The largest absolute Gasteiger partial charge is 0.361 e. The topological polar surface area (TPSA) is 168 Å². The second-order valence-electron chi connectivity index (χ2n) is 8.41. The van der Waals surface area contributed by atoms with Gasteiger partial charge in [0.1, 0.15) is 18.0 Å². The number of amides is 3. The Labute approximate surface area is 212 Å². The minimum Gasteiger partial charge on any atom is -0.361 e. The zero-order valence-electron chi connectivity index (χ0n) is 19.8. The van der Waals surface area contributed by atoms with Crippen LogP contribution in [-0.2, 0) is 30.3 Å². The Hall–Kier alpha value is -3.92. The molecule has 4 atom stereocenters. The van der Waals surface area contributed by atoms with E-state index in [1.54, 1.807) is 35.6 Å². The van der Waals surface area contributed by atoms with E-state index in [2.05, 4.69) is 25.2 Å². The molecule has 1 aromatic heterocycles. The van der Waals surface area contributed by atoms with Gasteiger partial charge in [-0.05, 0) is 18.9 Å². The van der Waals surface area contributed by atoms with Crippen LogP contribution in [0.2, 0.25) is 0 Å². The number of epoxide rings is 1. The number of carbonyl (C=O) groups excluding carboxylic acids is 4. The van der Waals surface area contributed by atoms with Gasteiger partial charge in [-0.25, -0.2) is 13.8 Å². The lowest BCUT2D eigenvalue weighted by Gasteiger charge is -2.25. The van der Waals surface area contributed by atoms with Crippen LogP contribution in [-0.4, -0.2) is 88.7 Å². The van der Waals surface area contributed by atoms with Gasteiger partial charge in [0.15, 0.2) is 11.8 Å². The minimum atomic E-state index is -3.46. The van der Waals surface area contributed by atoms with Crippen molar-refractivity contribution in [3.8, 4) is 0 Å². The third kappa shape index (κ3) is 7.79. The summed E-state index contributed by atoms with van der Waals surface area (Å²) in [6.07, 6.45) is -2.54. The van der Waals surface area contributed by atoms with E-state index in [1.807, 2.05) is 5.32 Å². The van der Waals surface area contributed by atoms with Crippen LogP contribution in [0, 0.1) is 0 Å². The Morgan fingerprint density at radius 2 is 1.71 bits per heavy atom. The van der Waals surface area contributed by atoms with Gasteiger partial charge in [0.25, 0.3) is 12.3 Å². The van der Waals surface area contributed by atoms with Crippen LogP contribution in [0.1, 0.15) is 23.1 Å². The maximum Gasteiger partial charge on any atom is 0.345 e. The van der Waals surface area contributed by atoms with E-state index in [0.717, 1.165) is 6.33 Å². The molecule has 2 heterocycles. The lowest BCUT2D eigenvalue weighted by molar-refractivity contribution is -0.149. The van der Waals surface area contributed by atoms with Gasteiger partial charge in [-0.3, -0.25) is 24.3 Å². The van der Waals surface area contributed by atoms with Crippen LogP contribution in [0.4, 0.5) is 17.6 Å². The first kappa shape index (κ1) is 28.6. The predicted molar refractivity (Wildman–Crippen MR) is 119 cm³/mol. The van der Waals surface area contributed by atoms with Crippen molar-refractivity contribution in [2.75, 3.05) is 13.2 Å². The fraction of sp³-hybridized carbons (Fsp3) is 0.455. The van der Waals surface area contributed by atoms with Gasteiger partial charge in [0, 0.05) is 0 Å². The fourth-order valence-corrected chi connectivity index (χ4v) is 3.33. The zero-order chi connectivity index (χ0) is 27.9. The normalized spacial score (nSPS) is 18.9. The number of H-pyrrole nitrogens is 1. The van der Waals surface area contributed by atoms with Gasteiger partial charge < -0.3 is 25.4 Å². The molecule has 1 aliphatic heterocycles. The van der Waals surface area contributed by atoms with Gasteiger partial charge in [0.05, 0.1) is 19.3 Å². The second kappa shape index (κ2) is 12.6. The molecule has 2 aromatic rings. The molecule has 4 N–H and O–H groups in total. The first-order valence-electron chi connectivity index (χ1n) is 11.2. The molecular weight excluding hydrogens is 520 g/mol. The summed E-state index contributed by atoms with van der Waals surface area (Å²) in [7, 11) is 0. The van der Waals surface area contributed by atoms with E-state index in [4.69, 9.17) is 4.74 Å². The van der Waals surface area contributed by atoms with Crippen molar-refractivity contribution in [2.24, 2.45) is 0 Å². The molecule has 0 unspecified atom stereocenters. The molecule has 1 aromatic carbocycles. The number of benzene rings is 1. The van der Waals surface area contributed by atoms with Crippen molar-refractivity contribution in [1.29, 1.82) is 0 Å². The van der Waals surface area contributed by atoms with E-state index < -0.39 is 72.7 Å². The average molecular weight is 544 g/mol. The number of halogens is 4. The van der Waals surface area contributed by atoms with E-state index in [9.17, 15) is 36.7 Å². The summed E-state index contributed by atoms with van der Waals surface area (Å²) in [5, 5.41) is 11.5. The summed E-state index contributed by atoms with van der Waals surface area (Å²) in [5.74, 6) is -4.93. The maximum absolute atomic E-state index is 13.6. The summed E-state index contributed by atoms with van der Waals surface area (Å²) in [4.78, 5) is 54.1. The number of nitrogens with zero attached hydrogens (tertiary/aromatic N) is 2. The number of hydrogen-bond donors (Lipinski definition) is 4. The Bertz CT molecular complexity index is 1120. The maximum atomic E-state index is 13.6. The highest BCUT2D eigenvalue weighted by molar-refractivity contribution is 5.99. The van der Waals surface area contributed by atoms with Gasteiger partial charge in [-0.2, -0.15) is 13.9 Å². The summed E-state index contributed by atoms with van der Waals surface area (Å²) in [6, 6.07) is 2.88. The summed E-state index contributed by atoms with van der Waals surface area (Å²) in [5.41, 5.74) is -0.524. The first-order valence-corrected chi connectivity index (χ1v) is 11.2. The van der Waals surface area contributed by atoms with Gasteiger partial charge in [-0.15, -0.1) is 0 Å². The number of nitrogens with one attached hydrogen (secondary N) is 4. The molecule has 1 fully saturated rings. The summed E-state index contributed by atoms with van der Waals surface area (Å²) >= 11 is 0. The van der Waals surface area contributed by atoms with Crippen LogP contribution in [0.5, 0.6) is 0 Å². The number of hydrogen-bond acceptors (Lipinski definition) is 8. The molecule has 1 saturated heterocycles. The van der Waals surface area contributed by atoms with Crippen LogP contribution >= 0.6 is 0 Å². The Kier molecular flexibility index (Phi) is 9.46. The van der Waals surface area contributed by atoms with Crippen LogP contribution in [0.3, 0.4) is 0 Å². The van der Waals surface area contributed by atoms with E-state index >= 15 is 0 Å². The molecule has 12 nitrogen and oxygen atoms in total. The number of ketones is 1. The molecule has 1 aliphatic rings. The highest BCUT2D eigenvalue weighted by atomic mass is 19.3. The molecule has 38 heavy (non-hydrogen) atoms. The number of aromatic amines is 1. The molecule has 0 aliphatic carbocycles. The Morgan fingerprint density at radius 1 is 1.05 bits per heavy atom. The number of rotatable bonds is 14. The molecule has 16 heteroatoms. The van der Waals surface area contributed by atoms with Crippen molar-refractivity contribution in [2.45, 2.75) is 50.1 Å². The third-order valence-electron chi connectivity index (χ3n) is 5.49. The monoisotopic (exact) mass is 544 g/mol. The molecule has 0 bridgehead atoms. The lowest BCUT2D eigenvalue weighted by Crippen LogP contribution is -2.59. The smallest absolute Gasteiger partial charge is 0.345 e. The number of alkyl halides is 4. The van der Waals surface area contributed by atoms with Crippen molar-refractivity contribution in [3.63, 3.8) is 0 Å². The standard InChI is InChI=1S/C22H24F4N6O6/c1-22(9-38-22)15(33)12(7-11-5-3-2-4-6-11)29-18(34)13(8-37-21(25)26)30-19(35)14(16(23)24)31-20(36)17-27-10-28-32-17/h2-6,10,12-14,16,21H,7-9H2,1H3,(H,29,34)(H,30,35)(H,31,36)(H,27,28,32)/t12-,13-,14+,22+/m0/s1. The third-order valence-corrected chi connectivity index (χ3v) is 5.49. The molecule has 3 rings (SSSR count). The van der Waals surface area contributed by atoms with Crippen LogP contribution < -0.4 is 16.0 Å². The summed E-state index contributed by atoms with van der Waals surface area (Å²) < 4.78 is 61.9. The van der Waals surface area contributed by atoms with E-state index in [1.165, 1.54) is 6.92 Å². The first-order chi connectivity index (χ1) is 18.0. The summed E-state index contributed by atoms with van der Waals surface area (Å²) in [6.45, 7) is -2.88. The lowest BCUT2D eigenvalue weighted by atomic mass is 9.94. The molecule has 206 valence electrons. The minimum absolute atomic E-state index is 0.00632. The van der Waals surface area contributed by atoms with E-state index in [0.29, 0.717) is 5.56 Å². The van der Waals surface area contributed by atoms with Gasteiger partial charge in [0.2, 0.25) is 17.6 Å². The van der Waals surface area contributed by atoms with Crippen molar-refractivity contribution in [1.82, 2.24) is 31.1 Å². The molecule has 0 saturated carbocycles. The number of aromatic nitrogens is 3. The fourth-order valence-electron chi connectivity index (χ4n) is 3.33. The van der Waals surface area contributed by atoms with Crippen LogP contribution in [0.15, 0.2) is 36.7 Å². The Balaban J connectivity index is 1.75. The molecule has 0 radical (unpaired) electrons. The van der Waals surface area contributed by atoms with Crippen LogP contribution in [0.25, 0.3) is 0 Å². The number of Topliss-reactive ketones (excluding diaryl/α,β-unsaturated/α-hetero) is 1. The predicted octanol–water partition coefficient (Wildman–Crippen LogP) is -0.0223. The van der Waals surface area contributed by atoms with Gasteiger partial charge in [-0.1, -0.05) is 30.3 Å². The SMILES string of the molecule is C[C@]1(C(=O)[C@H](Cc2ccccc2)NC(=O)[C@H](COC(F)F)NC(=O)[C@H](NC(=O)c2ncn[nH]2)C(F)F)CO1. The average Bonchev–Trinajstić information content (AvgIpc) is 3.38. The highest BCUT2D eigenvalue weighted by Crippen LogP contribution is 2.29. The number of carbonyl (C=O) groups is 4. The molecular formula is C22H24F4N6O6. The molecule has 3 amide bonds. The molecule has 0 spiro atoms. The van der Waals surface area contributed by atoms with Crippen molar-refractivity contribution < 1.29 is 46.2 Å². The number of ether oxygens (including phenoxy) is 2. The van der Waals surface area contributed by atoms with E-state index in [-0.39, 0.29) is 13.0 Å². The Morgan fingerprint density at radius 3 is 2.26 bits per heavy atom. The quantitative estimate of drug-likeness (QED) is 0.190. The van der Waals surface area contributed by atoms with Crippen molar-refractivity contribution in [3.05, 3.63) is 48.0 Å². The highest BCUT2D eigenvalue weighted by Gasteiger charge is 2.50. The van der Waals surface area contributed by atoms with Crippen molar-refractivity contribution >= 4 is 23.5 Å².